The van der Waals surface area contributed by atoms with Crippen LogP contribution in [-0.4, -0.2) is 26.2 Å². The number of nitrogens with one attached hydrogen (secondary N) is 2. The first-order chi connectivity index (χ1) is 14.0. The summed E-state index contributed by atoms with van der Waals surface area (Å²) in [4.78, 5) is 28.3. The van der Waals surface area contributed by atoms with Crippen LogP contribution in [0.5, 0.6) is 0 Å². The summed E-state index contributed by atoms with van der Waals surface area (Å²) in [5, 5.41) is 22.4. The Hall–Kier alpha value is -3.74. The second-order valence-electron chi connectivity index (χ2n) is 7.44. The van der Waals surface area contributed by atoms with Crippen LogP contribution >= 0.6 is 0 Å². The number of carbonyl (C=O) groups excluding carboxylic acids is 1. The van der Waals surface area contributed by atoms with Crippen LogP contribution in [0.4, 0.5) is 5.69 Å². The number of aliphatic hydroxyl groups excluding tert-OH is 1. The van der Waals surface area contributed by atoms with Gasteiger partial charge in [0.1, 0.15) is 5.76 Å². The van der Waals surface area contributed by atoms with E-state index >= 15 is 0 Å². The van der Waals surface area contributed by atoms with Gasteiger partial charge in [-0.2, -0.15) is 5.10 Å². The topological polar surface area (TPSA) is 108 Å². The third-order valence-electron chi connectivity index (χ3n) is 5.49. The van der Waals surface area contributed by atoms with Crippen molar-refractivity contribution >= 4 is 39.0 Å². The highest BCUT2D eigenvalue weighted by molar-refractivity contribution is 6.11. The van der Waals surface area contributed by atoms with Crippen LogP contribution in [0.25, 0.3) is 27.4 Å². The van der Waals surface area contributed by atoms with E-state index in [2.05, 4.69) is 20.5 Å². The first-order valence-electron chi connectivity index (χ1n) is 9.39. The van der Waals surface area contributed by atoms with E-state index in [1.165, 1.54) is 6.20 Å². The SMILES string of the molecule is CC(O)=c1[nH]c2cc(NC(=O)[C@@H]3C[C@H]3c3ccccc3)cc3c(=O)nncc1c23. The maximum atomic E-state index is 12.7. The average molecular weight is 386 g/mol. The number of aromatic nitrogens is 3. The van der Waals surface area contributed by atoms with Gasteiger partial charge in [-0.15, -0.1) is 5.10 Å². The van der Waals surface area contributed by atoms with Crippen LogP contribution in [0.3, 0.4) is 0 Å². The Kier molecular flexibility index (Phi) is 3.84. The Bertz CT molecular complexity index is 1370. The van der Waals surface area contributed by atoms with Crippen molar-refractivity contribution < 1.29 is 9.90 Å². The zero-order chi connectivity index (χ0) is 20.1. The van der Waals surface area contributed by atoms with E-state index in [1.807, 2.05) is 30.3 Å². The molecular formula is C22H18N4O3. The minimum absolute atomic E-state index is 0.0726. The second-order valence-corrected chi connectivity index (χ2v) is 7.44. The normalized spacial score (nSPS) is 19.3. The van der Waals surface area contributed by atoms with Gasteiger partial charge in [0.2, 0.25) is 5.91 Å². The third-order valence-corrected chi connectivity index (χ3v) is 5.49. The average Bonchev–Trinajstić information content (AvgIpc) is 3.45. The number of aromatic amines is 1. The summed E-state index contributed by atoms with van der Waals surface area (Å²) in [6.07, 6.45) is 2.26. The van der Waals surface area contributed by atoms with Crippen LogP contribution in [0.15, 0.2) is 53.5 Å². The Morgan fingerprint density at radius 3 is 2.76 bits per heavy atom. The van der Waals surface area contributed by atoms with Crippen LogP contribution in [0.2, 0.25) is 0 Å². The lowest BCUT2D eigenvalue weighted by atomic mass is 10.1. The summed E-state index contributed by atoms with van der Waals surface area (Å²) in [7, 11) is 0. The summed E-state index contributed by atoms with van der Waals surface area (Å²) in [6.45, 7) is 1.55. The number of amides is 1. The molecular weight excluding hydrogens is 368 g/mol. The number of nitrogens with zero attached hydrogens (tertiary/aromatic N) is 2. The lowest BCUT2D eigenvalue weighted by Crippen LogP contribution is -2.15. The molecule has 0 bridgehead atoms. The van der Waals surface area contributed by atoms with Crippen molar-refractivity contribution in [2.75, 3.05) is 5.32 Å². The molecule has 2 aromatic carbocycles. The predicted molar refractivity (Wildman–Crippen MR) is 111 cm³/mol. The fraction of sp³-hybridized carbons (Fsp3) is 0.182. The Morgan fingerprint density at radius 2 is 2.00 bits per heavy atom. The van der Waals surface area contributed by atoms with E-state index in [4.69, 9.17) is 0 Å². The number of anilines is 1. The van der Waals surface area contributed by atoms with E-state index in [0.717, 1.165) is 12.0 Å². The predicted octanol–water partition coefficient (Wildman–Crippen LogP) is 2.62. The zero-order valence-electron chi connectivity index (χ0n) is 15.6. The molecule has 144 valence electrons. The molecule has 0 aliphatic heterocycles. The van der Waals surface area contributed by atoms with Crippen LogP contribution < -0.4 is 16.2 Å². The first kappa shape index (κ1) is 17.4. The van der Waals surface area contributed by atoms with Gasteiger partial charge in [-0.05, 0) is 37.0 Å². The maximum absolute atomic E-state index is 12.7. The molecule has 1 amide bonds. The molecule has 5 rings (SSSR count). The van der Waals surface area contributed by atoms with Gasteiger partial charge < -0.3 is 15.4 Å². The van der Waals surface area contributed by atoms with Crippen molar-refractivity contribution in [3.8, 4) is 0 Å². The number of H-pyrrole nitrogens is 1. The van der Waals surface area contributed by atoms with E-state index in [1.54, 1.807) is 19.1 Å². The molecule has 7 heteroatoms. The molecule has 1 aliphatic rings. The van der Waals surface area contributed by atoms with Gasteiger partial charge in [-0.25, -0.2) is 0 Å². The fourth-order valence-electron chi connectivity index (χ4n) is 3.99. The quantitative estimate of drug-likeness (QED) is 0.502. The molecule has 0 saturated heterocycles. The highest BCUT2D eigenvalue weighted by Gasteiger charge is 2.43. The van der Waals surface area contributed by atoms with Crippen LogP contribution in [0, 0.1) is 5.92 Å². The minimum atomic E-state index is -0.490. The molecule has 0 spiro atoms. The van der Waals surface area contributed by atoms with E-state index in [0.29, 0.717) is 32.7 Å². The number of rotatable bonds is 3. The number of carbonyl (C=O) groups is 1. The van der Waals surface area contributed by atoms with E-state index < -0.39 is 5.56 Å². The van der Waals surface area contributed by atoms with Crippen LogP contribution in [0.1, 0.15) is 24.8 Å². The molecule has 3 N–H and O–H groups in total. The number of aliphatic hydroxyl groups is 1. The smallest absolute Gasteiger partial charge is 0.296 e. The summed E-state index contributed by atoms with van der Waals surface area (Å²) < 4.78 is 0. The Balaban J connectivity index is 1.54. The molecule has 29 heavy (non-hydrogen) atoms. The Morgan fingerprint density at radius 1 is 1.21 bits per heavy atom. The lowest BCUT2D eigenvalue weighted by molar-refractivity contribution is -0.117. The largest absolute Gasteiger partial charge is 0.510 e. The van der Waals surface area contributed by atoms with Crippen molar-refractivity contribution in [2.24, 2.45) is 5.92 Å². The van der Waals surface area contributed by atoms with E-state index in [9.17, 15) is 14.7 Å². The molecule has 4 aromatic rings. The van der Waals surface area contributed by atoms with Gasteiger partial charge in [-0.3, -0.25) is 9.59 Å². The molecule has 0 radical (unpaired) electrons. The van der Waals surface area contributed by atoms with Gasteiger partial charge in [0.05, 0.1) is 16.9 Å². The maximum Gasteiger partial charge on any atom is 0.296 e. The van der Waals surface area contributed by atoms with Crippen molar-refractivity contribution in [3.05, 3.63) is 69.9 Å². The highest BCUT2D eigenvalue weighted by atomic mass is 16.3. The molecule has 2 heterocycles. The second kappa shape index (κ2) is 6.41. The van der Waals surface area contributed by atoms with Gasteiger partial charge in [0.15, 0.2) is 0 Å². The molecule has 2 atom stereocenters. The molecule has 0 unspecified atom stereocenters. The molecule has 1 saturated carbocycles. The number of hydrogen-bond acceptors (Lipinski definition) is 5. The van der Waals surface area contributed by atoms with Crippen molar-refractivity contribution in [3.63, 3.8) is 0 Å². The minimum Gasteiger partial charge on any atom is -0.510 e. The number of benzene rings is 2. The molecule has 2 aromatic heterocycles. The third kappa shape index (κ3) is 2.91. The summed E-state index contributed by atoms with van der Waals surface area (Å²) in [5.74, 6) is 0.148. The van der Waals surface area contributed by atoms with Crippen molar-refractivity contribution in [1.29, 1.82) is 0 Å². The highest BCUT2D eigenvalue weighted by Crippen LogP contribution is 2.48. The Labute approximate surface area is 165 Å². The number of hydrogen-bond donors (Lipinski definition) is 3. The van der Waals surface area contributed by atoms with Gasteiger partial charge in [0.25, 0.3) is 5.56 Å². The molecule has 1 aliphatic carbocycles. The summed E-state index contributed by atoms with van der Waals surface area (Å²) in [5.41, 5.74) is 1.81. The first-order valence-corrected chi connectivity index (χ1v) is 9.39. The van der Waals surface area contributed by atoms with Gasteiger partial charge >= 0.3 is 0 Å². The van der Waals surface area contributed by atoms with E-state index in [-0.39, 0.29) is 23.5 Å². The zero-order valence-corrected chi connectivity index (χ0v) is 15.6. The lowest BCUT2D eigenvalue weighted by Gasteiger charge is -2.06. The van der Waals surface area contributed by atoms with Crippen LogP contribution in [-0.2, 0) is 4.79 Å². The van der Waals surface area contributed by atoms with Crippen molar-refractivity contribution in [2.45, 2.75) is 19.3 Å². The molecule has 7 nitrogen and oxygen atoms in total. The fourth-order valence-corrected chi connectivity index (χ4v) is 3.99. The van der Waals surface area contributed by atoms with Gasteiger partial charge in [0, 0.05) is 27.9 Å². The van der Waals surface area contributed by atoms with Crippen molar-refractivity contribution in [1.82, 2.24) is 15.2 Å². The molecule has 1 fully saturated rings. The van der Waals surface area contributed by atoms with Gasteiger partial charge in [-0.1, -0.05) is 30.3 Å². The standard InChI is InChI=1S/C22H18N4O3/c1-11(27)20-17-10-23-26-22(29)16-7-13(8-18(25-20)19(16)17)24-21(28)15-9-14(15)12-5-3-2-4-6-12/h2-8,10,14-15,25,27H,9H2,1H3,(H,24,28)/t14-,15+/m0/s1. The summed E-state index contributed by atoms with van der Waals surface area (Å²) in [6, 6.07) is 13.4. The monoisotopic (exact) mass is 386 g/mol. The summed E-state index contributed by atoms with van der Waals surface area (Å²) >= 11 is 0.